The number of hydrogen-bond acceptors (Lipinski definition) is 7. The van der Waals surface area contributed by atoms with Crippen molar-refractivity contribution >= 4 is 24.1 Å². The molecular formula is C24H46N2O8. The Labute approximate surface area is 204 Å². The molecule has 0 heterocycles. The first-order valence-corrected chi connectivity index (χ1v) is 11.9. The Bertz CT molecular complexity index is 609. The summed E-state index contributed by atoms with van der Waals surface area (Å²) in [5, 5.41) is 13.2. The van der Waals surface area contributed by atoms with Gasteiger partial charge in [0.25, 0.3) is 0 Å². The lowest BCUT2D eigenvalue weighted by Gasteiger charge is -2.20. The number of unbranched alkanes of at least 4 members (excludes halogenated alkanes) is 1. The number of rotatable bonds is 12. The molecule has 0 radical (unpaired) electrons. The summed E-state index contributed by atoms with van der Waals surface area (Å²) in [6.45, 7) is 15.1. The largest absolute Gasteiger partial charge is 0.481 e. The Morgan fingerprint density at radius 2 is 1.24 bits per heavy atom. The normalized spacial score (nSPS) is 11.9. The highest BCUT2D eigenvalue weighted by atomic mass is 16.6. The van der Waals surface area contributed by atoms with Crippen LogP contribution < -0.4 is 10.6 Å². The molecule has 200 valence electrons. The van der Waals surface area contributed by atoms with Crippen molar-refractivity contribution in [3.63, 3.8) is 0 Å². The predicted molar refractivity (Wildman–Crippen MR) is 130 cm³/mol. The quantitative estimate of drug-likeness (QED) is 0.262. The summed E-state index contributed by atoms with van der Waals surface area (Å²) in [6, 6.07) is 0. The lowest BCUT2D eigenvalue weighted by atomic mass is 10.1. The van der Waals surface area contributed by atoms with Gasteiger partial charge in [-0.05, 0) is 54.4 Å². The number of nitrogens with one attached hydrogen (secondary N) is 2. The Balaban J connectivity index is 0. The highest BCUT2D eigenvalue weighted by molar-refractivity contribution is 5.72. The van der Waals surface area contributed by atoms with Crippen molar-refractivity contribution in [3.05, 3.63) is 0 Å². The smallest absolute Gasteiger partial charge is 0.407 e. The topological polar surface area (TPSA) is 140 Å². The standard InChI is InChI=1S/C16H31NO4.C8H15NO4/c1-6-8-10-13(9-7-2)20-14(18)11-12-17-15(19)21-16(3,4)5;1-8(2,3)13-7(12)9-5-4-6(10)11/h13H,6-12H2,1-5H3,(H,17,19);4-5H2,1-3H3,(H,9,12)(H,10,11). The van der Waals surface area contributed by atoms with Gasteiger partial charge in [0.15, 0.2) is 0 Å². The molecule has 2 amide bonds. The summed E-state index contributed by atoms with van der Waals surface area (Å²) >= 11 is 0. The first-order chi connectivity index (χ1) is 15.6. The molecule has 0 spiro atoms. The predicted octanol–water partition coefficient (Wildman–Crippen LogP) is 4.79. The summed E-state index contributed by atoms with van der Waals surface area (Å²) in [5.74, 6) is -1.21. The lowest BCUT2D eigenvalue weighted by Crippen LogP contribution is -2.34. The maximum atomic E-state index is 11.7. The molecular weight excluding hydrogens is 444 g/mol. The van der Waals surface area contributed by atoms with E-state index in [1.807, 2.05) is 0 Å². The van der Waals surface area contributed by atoms with E-state index in [9.17, 15) is 19.2 Å². The number of carbonyl (C=O) groups excluding carboxylic acids is 3. The van der Waals surface area contributed by atoms with Crippen molar-refractivity contribution in [2.75, 3.05) is 13.1 Å². The van der Waals surface area contributed by atoms with Crippen molar-refractivity contribution < 1.29 is 38.5 Å². The minimum Gasteiger partial charge on any atom is -0.481 e. The van der Waals surface area contributed by atoms with Crippen LogP contribution in [-0.4, -0.2) is 59.6 Å². The Hall–Kier alpha value is -2.52. The molecule has 0 aromatic heterocycles. The first-order valence-electron chi connectivity index (χ1n) is 11.9. The van der Waals surface area contributed by atoms with Crippen molar-refractivity contribution in [1.29, 1.82) is 0 Å². The zero-order valence-corrected chi connectivity index (χ0v) is 22.2. The summed E-state index contributed by atoms with van der Waals surface area (Å²) in [7, 11) is 0. The molecule has 0 rings (SSSR count). The first kappa shape index (κ1) is 33.7. The molecule has 0 aliphatic carbocycles. The van der Waals surface area contributed by atoms with Gasteiger partial charge in [-0.3, -0.25) is 9.59 Å². The third-order valence-electron chi connectivity index (χ3n) is 3.79. The maximum Gasteiger partial charge on any atom is 0.407 e. The second-order valence-corrected chi connectivity index (χ2v) is 9.79. The van der Waals surface area contributed by atoms with Crippen LogP contribution in [-0.2, 0) is 23.8 Å². The summed E-state index contributed by atoms with van der Waals surface area (Å²) in [6.07, 6.45) is 3.94. The third-order valence-corrected chi connectivity index (χ3v) is 3.79. The fourth-order valence-corrected chi connectivity index (χ4v) is 2.43. The third kappa shape index (κ3) is 25.7. The van der Waals surface area contributed by atoms with Crippen molar-refractivity contribution in [2.45, 2.75) is 118 Å². The molecule has 0 fully saturated rings. The number of aliphatic carboxylic acids is 1. The van der Waals surface area contributed by atoms with Gasteiger partial charge in [-0.2, -0.15) is 0 Å². The van der Waals surface area contributed by atoms with Gasteiger partial charge in [0.05, 0.1) is 12.8 Å². The van der Waals surface area contributed by atoms with Gasteiger partial charge in [0.1, 0.15) is 17.3 Å². The molecule has 3 N–H and O–H groups in total. The van der Waals surface area contributed by atoms with Gasteiger partial charge in [-0.15, -0.1) is 0 Å². The van der Waals surface area contributed by atoms with Crippen LogP contribution in [0.15, 0.2) is 0 Å². The number of ether oxygens (including phenoxy) is 3. The number of esters is 1. The van der Waals surface area contributed by atoms with E-state index >= 15 is 0 Å². The molecule has 0 aromatic carbocycles. The van der Waals surface area contributed by atoms with E-state index in [-0.39, 0.29) is 38.0 Å². The average molecular weight is 491 g/mol. The van der Waals surface area contributed by atoms with Crippen LogP contribution in [0.1, 0.15) is 100 Å². The molecule has 0 saturated carbocycles. The van der Waals surface area contributed by atoms with Crippen LogP contribution in [0.25, 0.3) is 0 Å². The van der Waals surface area contributed by atoms with Crippen molar-refractivity contribution in [2.24, 2.45) is 0 Å². The fourth-order valence-electron chi connectivity index (χ4n) is 2.43. The van der Waals surface area contributed by atoms with Crippen LogP contribution in [0, 0.1) is 0 Å². The van der Waals surface area contributed by atoms with E-state index in [0.717, 1.165) is 32.1 Å². The number of carboxylic acids is 1. The lowest BCUT2D eigenvalue weighted by molar-refractivity contribution is -0.149. The number of amides is 2. The van der Waals surface area contributed by atoms with Crippen LogP contribution in [0.3, 0.4) is 0 Å². The van der Waals surface area contributed by atoms with Crippen LogP contribution >= 0.6 is 0 Å². The molecule has 0 aliphatic heterocycles. The summed E-state index contributed by atoms with van der Waals surface area (Å²) in [5.41, 5.74) is -1.08. The van der Waals surface area contributed by atoms with Crippen molar-refractivity contribution in [3.8, 4) is 0 Å². The number of hydrogen-bond donors (Lipinski definition) is 3. The van der Waals surface area contributed by atoms with Crippen LogP contribution in [0.2, 0.25) is 0 Å². The number of carboxylic acid groups (broad SMARTS) is 1. The molecule has 34 heavy (non-hydrogen) atoms. The zero-order chi connectivity index (χ0) is 26.8. The zero-order valence-electron chi connectivity index (χ0n) is 22.2. The summed E-state index contributed by atoms with van der Waals surface area (Å²) < 4.78 is 15.4. The van der Waals surface area contributed by atoms with E-state index in [2.05, 4.69) is 24.5 Å². The monoisotopic (exact) mass is 490 g/mol. The van der Waals surface area contributed by atoms with E-state index in [1.165, 1.54) is 0 Å². The van der Waals surface area contributed by atoms with E-state index in [1.54, 1.807) is 41.5 Å². The maximum absolute atomic E-state index is 11.7. The Morgan fingerprint density at radius 3 is 1.62 bits per heavy atom. The minimum atomic E-state index is -0.948. The SMILES string of the molecule is CC(C)(C)OC(=O)NCCC(=O)O.CCCCC(CCC)OC(=O)CCNC(=O)OC(C)(C)C. The fraction of sp³-hybridized carbons (Fsp3) is 0.833. The second-order valence-electron chi connectivity index (χ2n) is 9.79. The van der Waals surface area contributed by atoms with Gasteiger partial charge in [-0.1, -0.05) is 33.1 Å². The van der Waals surface area contributed by atoms with Crippen LogP contribution in [0.5, 0.6) is 0 Å². The van der Waals surface area contributed by atoms with Crippen LogP contribution in [0.4, 0.5) is 9.59 Å². The van der Waals surface area contributed by atoms with Gasteiger partial charge in [-0.25, -0.2) is 9.59 Å². The van der Waals surface area contributed by atoms with Gasteiger partial charge < -0.3 is 30.0 Å². The van der Waals surface area contributed by atoms with E-state index in [4.69, 9.17) is 19.3 Å². The Kier molecular flexibility index (Phi) is 17.7. The molecule has 1 unspecified atom stereocenters. The van der Waals surface area contributed by atoms with Gasteiger partial charge in [0, 0.05) is 13.1 Å². The van der Waals surface area contributed by atoms with Gasteiger partial charge >= 0.3 is 24.1 Å². The van der Waals surface area contributed by atoms with Crippen molar-refractivity contribution in [1.82, 2.24) is 10.6 Å². The molecule has 0 aliphatic rings. The second kappa shape index (κ2) is 17.9. The molecule has 1 atom stereocenters. The molecule has 0 bridgehead atoms. The number of alkyl carbamates (subject to hydrolysis) is 2. The molecule has 10 heteroatoms. The van der Waals surface area contributed by atoms with E-state index < -0.39 is 29.4 Å². The minimum absolute atomic E-state index is 0.00368. The molecule has 0 saturated heterocycles. The van der Waals surface area contributed by atoms with Gasteiger partial charge in [0.2, 0.25) is 0 Å². The summed E-state index contributed by atoms with van der Waals surface area (Å²) in [4.78, 5) is 44.2. The molecule has 10 nitrogen and oxygen atoms in total. The molecule has 0 aromatic rings. The van der Waals surface area contributed by atoms with E-state index in [0.29, 0.717) is 0 Å². The highest BCUT2D eigenvalue weighted by Gasteiger charge is 2.17. The highest BCUT2D eigenvalue weighted by Crippen LogP contribution is 2.12. The number of carbonyl (C=O) groups is 4. The Morgan fingerprint density at radius 1 is 0.765 bits per heavy atom. The average Bonchev–Trinajstić information content (AvgIpc) is 2.63.